The van der Waals surface area contributed by atoms with Gasteiger partial charge in [-0.3, -0.25) is 4.99 Å². The molecule has 6 rings (SSSR count). The maximum Gasteiger partial charge on any atom is 0.429 e. The lowest BCUT2D eigenvalue weighted by Gasteiger charge is -2.23. The first-order chi connectivity index (χ1) is 20.4. The Bertz CT molecular complexity index is 1730. The highest BCUT2D eigenvalue weighted by atomic mass is 19.3. The summed E-state index contributed by atoms with van der Waals surface area (Å²) < 4.78 is 120. The summed E-state index contributed by atoms with van der Waals surface area (Å²) in [5, 5.41) is 0. The number of aliphatic imine (C=N–C) groups is 1. The highest BCUT2D eigenvalue weighted by Crippen LogP contribution is 2.45. The fourth-order valence-electron chi connectivity index (χ4n) is 5.90. The average Bonchev–Trinajstić information content (AvgIpc) is 3.56. The number of rotatable bonds is 8. The second-order valence-electron chi connectivity index (χ2n) is 11.0. The summed E-state index contributed by atoms with van der Waals surface area (Å²) in [5.74, 6) is -8.02. The zero-order valence-electron chi connectivity index (χ0n) is 22.4. The van der Waals surface area contributed by atoms with E-state index >= 15 is 0 Å². The van der Waals surface area contributed by atoms with E-state index in [0.717, 1.165) is 55.7 Å². The molecule has 1 aliphatic carbocycles. The van der Waals surface area contributed by atoms with Crippen molar-refractivity contribution in [3.8, 4) is 28.0 Å². The molecule has 10 heteroatoms. The molecule has 4 aromatic rings. The van der Waals surface area contributed by atoms with Crippen LogP contribution in [0.4, 0.5) is 35.1 Å². The minimum absolute atomic E-state index is 0.0160. The summed E-state index contributed by atoms with van der Waals surface area (Å²) in [5.41, 5.74) is -1.34. The standard InChI is InChI=1S/C33H23F8NO/c34-26-12-20(2-4-24(26)21-13-29(37)31(39)30(38)14-21)23-5-3-22(15-27(23)35)43-33(40,41)25-6-1-18(11-28(25)36)7-9-32-10-8-19(16-32)17-42-32/h1-6,11-15,17,19H,7-10,16H2/t19?,32-/m1/s1. The van der Waals surface area contributed by atoms with E-state index in [4.69, 9.17) is 0 Å². The van der Waals surface area contributed by atoms with Crippen LogP contribution in [0.15, 0.2) is 71.7 Å². The molecule has 0 radical (unpaired) electrons. The van der Waals surface area contributed by atoms with E-state index in [2.05, 4.69) is 9.73 Å². The van der Waals surface area contributed by atoms with Gasteiger partial charge in [0.05, 0.1) is 11.1 Å². The van der Waals surface area contributed by atoms with Gasteiger partial charge in [-0.25, -0.2) is 26.3 Å². The van der Waals surface area contributed by atoms with Crippen molar-refractivity contribution in [1.82, 2.24) is 0 Å². The van der Waals surface area contributed by atoms with Crippen LogP contribution in [0.2, 0.25) is 0 Å². The highest BCUT2D eigenvalue weighted by molar-refractivity contribution is 5.72. The van der Waals surface area contributed by atoms with Crippen molar-refractivity contribution < 1.29 is 39.9 Å². The number of fused-ring (bicyclic) bond motifs is 2. The smallest absolute Gasteiger partial charge is 0.429 e. The first-order valence-corrected chi connectivity index (χ1v) is 13.6. The van der Waals surface area contributed by atoms with Gasteiger partial charge >= 0.3 is 6.11 Å². The summed E-state index contributed by atoms with van der Waals surface area (Å²) in [7, 11) is 0. The van der Waals surface area contributed by atoms with Crippen LogP contribution in [-0.4, -0.2) is 11.8 Å². The Balaban J connectivity index is 1.16. The third kappa shape index (κ3) is 5.62. The molecular formula is C33H23F8NO. The van der Waals surface area contributed by atoms with Crippen molar-refractivity contribution in [2.45, 2.75) is 43.8 Å². The fourth-order valence-corrected chi connectivity index (χ4v) is 5.90. The average molecular weight is 602 g/mol. The van der Waals surface area contributed by atoms with Gasteiger partial charge in [-0.05, 0) is 97.2 Å². The number of ether oxygens (including phenoxy) is 1. The molecular weight excluding hydrogens is 578 g/mol. The van der Waals surface area contributed by atoms with E-state index < -0.39 is 52.3 Å². The van der Waals surface area contributed by atoms with Crippen molar-refractivity contribution >= 4 is 6.21 Å². The summed E-state index contributed by atoms with van der Waals surface area (Å²) >= 11 is 0. The van der Waals surface area contributed by atoms with Gasteiger partial charge < -0.3 is 4.74 Å². The quantitative estimate of drug-likeness (QED) is 0.146. The molecule has 1 fully saturated rings. The van der Waals surface area contributed by atoms with Crippen LogP contribution in [0.5, 0.6) is 5.75 Å². The zero-order chi connectivity index (χ0) is 30.5. The first-order valence-electron chi connectivity index (χ1n) is 13.6. The lowest BCUT2D eigenvalue weighted by Crippen LogP contribution is -2.24. The Morgan fingerprint density at radius 2 is 1.42 bits per heavy atom. The molecule has 43 heavy (non-hydrogen) atoms. The first kappa shape index (κ1) is 28.9. The predicted octanol–water partition coefficient (Wildman–Crippen LogP) is 9.54. The molecule has 222 valence electrons. The third-order valence-electron chi connectivity index (χ3n) is 8.17. The number of nitrogens with zero attached hydrogens (tertiary/aromatic N) is 1. The van der Waals surface area contributed by atoms with Gasteiger partial charge in [0, 0.05) is 23.4 Å². The van der Waals surface area contributed by atoms with E-state index in [-0.39, 0.29) is 27.8 Å². The van der Waals surface area contributed by atoms with Gasteiger partial charge in [0.2, 0.25) is 0 Å². The summed E-state index contributed by atoms with van der Waals surface area (Å²) in [6.07, 6.45) is 2.04. The van der Waals surface area contributed by atoms with Gasteiger partial charge in [0.25, 0.3) is 0 Å². The Hall–Kier alpha value is -4.21. The number of halogens is 8. The van der Waals surface area contributed by atoms with E-state index in [1.165, 1.54) is 12.1 Å². The fraction of sp³-hybridized carbons (Fsp3) is 0.242. The van der Waals surface area contributed by atoms with E-state index in [0.29, 0.717) is 42.5 Å². The molecule has 1 unspecified atom stereocenters. The molecule has 4 aromatic carbocycles. The monoisotopic (exact) mass is 601 g/mol. The van der Waals surface area contributed by atoms with Gasteiger partial charge in [-0.15, -0.1) is 0 Å². The molecule has 2 atom stereocenters. The van der Waals surface area contributed by atoms with Crippen LogP contribution >= 0.6 is 0 Å². The second kappa shape index (κ2) is 10.8. The number of hydrogen-bond donors (Lipinski definition) is 0. The minimum atomic E-state index is -4.13. The molecule has 0 saturated heterocycles. The SMILES string of the molecule is Fc1cc(OC(F)(F)c2ccc(CC[C@]34CCC(C=N3)C4)cc2F)ccc1-c1ccc(-c2cc(F)c(F)c(F)c2)c(F)c1. The van der Waals surface area contributed by atoms with Gasteiger partial charge in [-0.2, -0.15) is 8.78 Å². The van der Waals surface area contributed by atoms with Crippen LogP contribution in [0.25, 0.3) is 22.3 Å². The third-order valence-corrected chi connectivity index (χ3v) is 8.17. The van der Waals surface area contributed by atoms with Crippen LogP contribution in [-0.2, 0) is 12.5 Å². The topological polar surface area (TPSA) is 21.6 Å². The molecule has 2 bridgehead atoms. The lowest BCUT2D eigenvalue weighted by atomic mass is 9.90. The maximum atomic E-state index is 15.0. The highest BCUT2D eigenvalue weighted by Gasteiger charge is 2.42. The summed E-state index contributed by atoms with van der Waals surface area (Å²) in [6, 6.07) is 10.6. The molecule has 0 spiro atoms. The van der Waals surface area contributed by atoms with Crippen LogP contribution in [0.1, 0.15) is 36.8 Å². The van der Waals surface area contributed by atoms with Crippen LogP contribution in [0, 0.1) is 40.8 Å². The Labute approximate surface area is 241 Å². The molecule has 0 aromatic heterocycles. The normalized spacial score (nSPS) is 19.3. The predicted molar refractivity (Wildman–Crippen MR) is 145 cm³/mol. The van der Waals surface area contributed by atoms with Crippen molar-refractivity contribution in [1.29, 1.82) is 0 Å². The molecule has 1 heterocycles. The van der Waals surface area contributed by atoms with Crippen LogP contribution in [0.3, 0.4) is 0 Å². The molecule has 2 nitrogen and oxygen atoms in total. The van der Waals surface area contributed by atoms with E-state index in [9.17, 15) is 35.1 Å². The maximum absolute atomic E-state index is 15.0. The van der Waals surface area contributed by atoms with E-state index in [1.54, 1.807) is 0 Å². The lowest BCUT2D eigenvalue weighted by molar-refractivity contribution is -0.187. The van der Waals surface area contributed by atoms with Crippen molar-refractivity contribution in [2.75, 3.05) is 0 Å². The number of benzene rings is 4. The minimum Gasteiger partial charge on any atom is -0.429 e. The van der Waals surface area contributed by atoms with Gasteiger partial charge in [0.15, 0.2) is 17.5 Å². The molecule has 0 N–H and O–H groups in total. The molecule has 0 amide bonds. The van der Waals surface area contributed by atoms with Crippen molar-refractivity contribution in [3.05, 3.63) is 113 Å². The summed E-state index contributed by atoms with van der Waals surface area (Å²) in [4.78, 5) is 4.59. The van der Waals surface area contributed by atoms with Crippen LogP contribution < -0.4 is 4.74 Å². The zero-order valence-corrected chi connectivity index (χ0v) is 22.4. The van der Waals surface area contributed by atoms with Crippen molar-refractivity contribution in [3.63, 3.8) is 0 Å². The molecule has 2 aliphatic rings. The molecule has 1 saturated carbocycles. The Kier molecular flexibility index (Phi) is 7.26. The summed E-state index contributed by atoms with van der Waals surface area (Å²) in [6.45, 7) is 0. The largest absolute Gasteiger partial charge is 0.429 e. The van der Waals surface area contributed by atoms with Gasteiger partial charge in [-0.1, -0.05) is 18.2 Å². The Morgan fingerprint density at radius 1 is 0.744 bits per heavy atom. The van der Waals surface area contributed by atoms with Crippen molar-refractivity contribution in [2.24, 2.45) is 10.9 Å². The Morgan fingerprint density at radius 3 is 2.02 bits per heavy atom. The molecule has 1 aliphatic heterocycles. The second-order valence-corrected chi connectivity index (χ2v) is 11.0. The number of aryl methyl sites for hydroxylation is 1. The van der Waals surface area contributed by atoms with Gasteiger partial charge in [0.1, 0.15) is 23.2 Å². The number of alkyl halides is 2. The van der Waals surface area contributed by atoms with E-state index in [1.807, 2.05) is 6.21 Å². The number of hydrogen-bond acceptors (Lipinski definition) is 2.